The van der Waals surface area contributed by atoms with Crippen LogP contribution >= 0.6 is 0 Å². The molecule has 4 rings (SSSR count). The standard InChI is InChI=1S/C23H21N5O2/c1-14-10-21-19(26-23(14)24)11-17(28(21)13-29)12-27(15(2)30)20-9-8-16-6-4-5-7-18(16)22(20)25-3/h4-11,29H,12-13H2,1-2H3,(H2,24,26). The number of pyridine rings is 1. The number of aromatic nitrogens is 2. The lowest BCUT2D eigenvalue weighted by molar-refractivity contribution is -0.116. The Morgan fingerprint density at radius 2 is 2.03 bits per heavy atom. The van der Waals surface area contributed by atoms with E-state index in [2.05, 4.69) is 9.83 Å². The number of benzene rings is 2. The maximum absolute atomic E-state index is 12.6. The number of aliphatic hydroxyl groups excluding tert-OH is 1. The van der Waals surface area contributed by atoms with Crippen molar-refractivity contribution in [2.24, 2.45) is 0 Å². The monoisotopic (exact) mass is 399 g/mol. The zero-order valence-electron chi connectivity index (χ0n) is 16.8. The van der Waals surface area contributed by atoms with Crippen molar-refractivity contribution in [3.63, 3.8) is 0 Å². The number of nitrogen functional groups attached to an aromatic ring is 1. The van der Waals surface area contributed by atoms with E-state index in [1.807, 2.05) is 49.4 Å². The Bertz CT molecular complexity index is 1330. The number of aliphatic hydroxyl groups is 1. The predicted molar refractivity (Wildman–Crippen MR) is 118 cm³/mol. The van der Waals surface area contributed by atoms with E-state index < -0.39 is 0 Å². The fraction of sp³-hybridized carbons (Fsp3) is 0.174. The van der Waals surface area contributed by atoms with E-state index in [4.69, 9.17) is 12.3 Å². The summed E-state index contributed by atoms with van der Waals surface area (Å²) in [6, 6.07) is 15.0. The summed E-state index contributed by atoms with van der Waals surface area (Å²) in [7, 11) is 0. The van der Waals surface area contributed by atoms with Crippen LogP contribution in [0, 0.1) is 13.5 Å². The zero-order valence-corrected chi connectivity index (χ0v) is 16.8. The number of anilines is 2. The van der Waals surface area contributed by atoms with Crippen molar-refractivity contribution in [1.29, 1.82) is 0 Å². The molecule has 0 bridgehead atoms. The number of carbonyl (C=O) groups excluding carboxylic acids is 1. The third-order valence-electron chi connectivity index (χ3n) is 5.32. The molecular weight excluding hydrogens is 378 g/mol. The minimum Gasteiger partial charge on any atom is -0.383 e. The molecule has 0 saturated heterocycles. The molecule has 2 aromatic carbocycles. The summed E-state index contributed by atoms with van der Waals surface area (Å²) in [6.45, 7) is 11.0. The van der Waals surface area contributed by atoms with Crippen LogP contribution in [0.5, 0.6) is 0 Å². The molecule has 3 N–H and O–H groups in total. The van der Waals surface area contributed by atoms with Crippen molar-refractivity contribution in [1.82, 2.24) is 9.55 Å². The number of nitrogens with two attached hydrogens (primary N) is 1. The largest absolute Gasteiger partial charge is 0.383 e. The molecule has 150 valence electrons. The SMILES string of the molecule is [C-]#[N+]c1c(N(Cc2cc3nc(N)c(C)cc3n2CO)C(C)=O)ccc2ccccc12. The maximum atomic E-state index is 12.6. The summed E-state index contributed by atoms with van der Waals surface area (Å²) >= 11 is 0. The van der Waals surface area contributed by atoms with Crippen LogP contribution in [0.25, 0.3) is 26.7 Å². The number of carbonyl (C=O) groups is 1. The van der Waals surface area contributed by atoms with Crippen LogP contribution in [0.4, 0.5) is 17.2 Å². The molecular formula is C23H21N5O2. The van der Waals surface area contributed by atoms with Crippen LogP contribution in [0.15, 0.2) is 48.5 Å². The minimum atomic E-state index is -0.261. The molecule has 30 heavy (non-hydrogen) atoms. The lowest BCUT2D eigenvalue weighted by atomic mass is 10.1. The molecule has 0 spiro atoms. The second-order valence-electron chi connectivity index (χ2n) is 7.17. The van der Waals surface area contributed by atoms with Gasteiger partial charge in [-0.15, -0.1) is 0 Å². The molecule has 2 aromatic heterocycles. The first-order chi connectivity index (χ1) is 14.4. The minimum absolute atomic E-state index is 0.187. The van der Waals surface area contributed by atoms with Crippen LogP contribution in [0.1, 0.15) is 18.2 Å². The van der Waals surface area contributed by atoms with Gasteiger partial charge in [-0.3, -0.25) is 4.79 Å². The Morgan fingerprint density at radius 3 is 2.73 bits per heavy atom. The van der Waals surface area contributed by atoms with Crippen molar-refractivity contribution in [2.75, 3.05) is 10.6 Å². The van der Waals surface area contributed by atoms with Crippen molar-refractivity contribution in [3.05, 3.63) is 71.2 Å². The molecule has 0 radical (unpaired) electrons. The van der Waals surface area contributed by atoms with Crippen molar-refractivity contribution in [3.8, 4) is 0 Å². The summed E-state index contributed by atoms with van der Waals surface area (Å²) in [5, 5.41) is 11.7. The highest BCUT2D eigenvalue weighted by molar-refractivity contribution is 6.05. The summed E-state index contributed by atoms with van der Waals surface area (Å²) in [6.07, 6.45) is 0. The van der Waals surface area contributed by atoms with Gasteiger partial charge in [0.05, 0.1) is 29.8 Å². The van der Waals surface area contributed by atoms with Crippen LogP contribution < -0.4 is 10.6 Å². The van der Waals surface area contributed by atoms with Gasteiger partial charge in [0.15, 0.2) is 0 Å². The van der Waals surface area contributed by atoms with Crippen LogP contribution in [-0.2, 0) is 18.1 Å². The maximum Gasteiger partial charge on any atom is 0.223 e. The molecule has 7 nitrogen and oxygen atoms in total. The van der Waals surface area contributed by atoms with E-state index in [1.54, 1.807) is 15.5 Å². The van der Waals surface area contributed by atoms with Crippen LogP contribution in [0.2, 0.25) is 0 Å². The molecule has 0 unspecified atom stereocenters. The molecule has 0 fully saturated rings. The van der Waals surface area contributed by atoms with Crippen molar-refractivity contribution >= 4 is 44.9 Å². The highest BCUT2D eigenvalue weighted by atomic mass is 16.3. The number of hydrogen-bond donors (Lipinski definition) is 2. The number of rotatable bonds is 4. The molecule has 0 aliphatic rings. The van der Waals surface area contributed by atoms with Gasteiger partial charge >= 0.3 is 0 Å². The second kappa shape index (κ2) is 7.50. The van der Waals surface area contributed by atoms with E-state index in [1.165, 1.54) is 6.92 Å². The van der Waals surface area contributed by atoms with Crippen molar-refractivity contribution < 1.29 is 9.90 Å². The Morgan fingerprint density at radius 1 is 1.27 bits per heavy atom. The van der Waals surface area contributed by atoms with Gasteiger partial charge in [-0.25, -0.2) is 9.83 Å². The molecule has 0 atom stereocenters. The number of hydrogen-bond acceptors (Lipinski definition) is 4. The zero-order chi connectivity index (χ0) is 21.4. The topological polar surface area (TPSA) is 88.7 Å². The summed E-state index contributed by atoms with van der Waals surface area (Å²) in [5.41, 5.74) is 9.80. The first kappa shape index (κ1) is 19.4. The quantitative estimate of drug-likeness (QED) is 0.505. The Kier molecular flexibility index (Phi) is 4.86. The van der Waals surface area contributed by atoms with Gasteiger partial charge in [0.2, 0.25) is 11.6 Å². The molecule has 0 aliphatic carbocycles. The van der Waals surface area contributed by atoms with Gasteiger partial charge in [0.1, 0.15) is 12.5 Å². The summed E-state index contributed by atoms with van der Waals surface area (Å²) < 4.78 is 1.70. The van der Waals surface area contributed by atoms with Gasteiger partial charge in [0, 0.05) is 12.6 Å². The van der Waals surface area contributed by atoms with Crippen LogP contribution in [-0.4, -0.2) is 20.6 Å². The first-order valence-corrected chi connectivity index (χ1v) is 9.48. The molecule has 7 heteroatoms. The van der Waals surface area contributed by atoms with E-state index in [0.29, 0.717) is 28.4 Å². The number of amides is 1. The van der Waals surface area contributed by atoms with Gasteiger partial charge in [-0.05, 0) is 41.5 Å². The van der Waals surface area contributed by atoms with E-state index in [0.717, 1.165) is 21.9 Å². The smallest absolute Gasteiger partial charge is 0.223 e. The average molecular weight is 399 g/mol. The average Bonchev–Trinajstić information content (AvgIpc) is 3.07. The van der Waals surface area contributed by atoms with Gasteiger partial charge in [-0.2, -0.15) is 0 Å². The second-order valence-corrected chi connectivity index (χ2v) is 7.17. The molecule has 0 saturated carbocycles. The number of nitrogens with zero attached hydrogens (tertiary/aromatic N) is 4. The van der Waals surface area contributed by atoms with Crippen molar-refractivity contribution in [2.45, 2.75) is 27.1 Å². The van der Waals surface area contributed by atoms with Gasteiger partial charge in [-0.1, -0.05) is 30.3 Å². The fourth-order valence-electron chi connectivity index (χ4n) is 3.75. The first-order valence-electron chi connectivity index (χ1n) is 9.48. The molecule has 2 heterocycles. The highest BCUT2D eigenvalue weighted by Gasteiger charge is 2.21. The summed E-state index contributed by atoms with van der Waals surface area (Å²) in [5.74, 6) is 0.228. The Balaban J connectivity index is 1.86. The fourth-order valence-corrected chi connectivity index (χ4v) is 3.75. The van der Waals surface area contributed by atoms with E-state index in [9.17, 15) is 9.90 Å². The molecule has 4 aromatic rings. The third-order valence-corrected chi connectivity index (χ3v) is 5.32. The number of fused-ring (bicyclic) bond motifs is 2. The lowest BCUT2D eigenvalue weighted by Crippen LogP contribution is -2.29. The molecule has 0 aliphatic heterocycles. The van der Waals surface area contributed by atoms with Gasteiger partial charge in [0.25, 0.3) is 0 Å². The Hall–Kier alpha value is -3.89. The number of aryl methyl sites for hydroxylation is 1. The Labute approximate surface area is 173 Å². The normalized spacial score (nSPS) is 11.0. The van der Waals surface area contributed by atoms with E-state index in [-0.39, 0.29) is 19.2 Å². The van der Waals surface area contributed by atoms with E-state index >= 15 is 0 Å². The molecule has 1 amide bonds. The van der Waals surface area contributed by atoms with Gasteiger partial charge < -0.3 is 20.3 Å². The highest BCUT2D eigenvalue weighted by Crippen LogP contribution is 2.37. The van der Waals surface area contributed by atoms with Crippen LogP contribution in [0.3, 0.4) is 0 Å². The lowest BCUT2D eigenvalue weighted by Gasteiger charge is -2.24. The third kappa shape index (κ3) is 3.13. The predicted octanol–water partition coefficient (Wildman–Crippen LogP) is 4.13. The summed E-state index contributed by atoms with van der Waals surface area (Å²) in [4.78, 5) is 22.3.